The highest BCUT2D eigenvalue weighted by Crippen LogP contribution is 2.30. The molecule has 0 aromatic heterocycles. The summed E-state index contributed by atoms with van der Waals surface area (Å²) < 4.78 is 0.969. The molecule has 2 aromatic carbocycles. The van der Waals surface area contributed by atoms with E-state index in [1.54, 1.807) is 6.07 Å². The zero-order valence-corrected chi connectivity index (χ0v) is 14.6. The highest BCUT2D eigenvalue weighted by atomic mass is 79.9. The lowest BCUT2D eigenvalue weighted by atomic mass is 9.99. The van der Waals surface area contributed by atoms with Crippen LogP contribution in [-0.4, -0.2) is 7.05 Å². The normalized spacial score (nSPS) is 12.4. The zero-order valence-electron chi connectivity index (χ0n) is 10.8. The van der Waals surface area contributed by atoms with Crippen LogP contribution < -0.4 is 5.32 Å². The van der Waals surface area contributed by atoms with Gasteiger partial charge in [-0.25, -0.2) is 0 Å². The third-order valence-corrected chi connectivity index (χ3v) is 4.53. The molecule has 0 spiro atoms. The van der Waals surface area contributed by atoms with E-state index in [-0.39, 0.29) is 6.04 Å². The first-order valence-corrected chi connectivity index (χ1v) is 8.00. The molecule has 106 valence electrons. The number of likely N-dealkylation sites (N-methyl/N-ethyl adjacent to an activating group) is 1. The van der Waals surface area contributed by atoms with Gasteiger partial charge in [-0.15, -0.1) is 0 Å². The quantitative estimate of drug-likeness (QED) is 0.681. The first kappa shape index (κ1) is 16.1. The minimum atomic E-state index is 0.0819. The predicted octanol–water partition coefficient (Wildman–Crippen LogP) is 5.91. The van der Waals surface area contributed by atoms with E-state index < -0.39 is 0 Å². The smallest absolute Gasteiger partial charge is 0.0468 e. The molecule has 1 nitrogen and oxygen atoms in total. The van der Waals surface area contributed by atoms with Gasteiger partial charge in [-0.3, -0.25) is 0 Å². The summed E-state index contributed by atoms with van der Waals surface area (Å²) in [7, 11) is 1.91. The second-order valence-electron chi connectivity index (χ2n) is 4.45. The molecule has 0 saturated heterocycles. The van der Waals surface area contributed by atoms with E-state index in [0.29, 0.717) is 10.0 Å². The molecule has 1 atom stereocenters. The van der Waals surface area contributed by atoms with Crippen molar-refractivity contribution >= 4 is 50.7 Å². The number of rotatable bonds is 4. The molecule has 0 aliphatic carbocycles. The highest BCUT2D eigenvalue weighted by Gasteiger charge is 2.15. The van der Waals surface area contributed by atoms with Gasteiger partial charge in [-0.2, -0.15) is 0 Å². The molecule has 0 fully saturated rings. The summed E-state index contributed by atoms with van der Waals surface area (Å²) in [6, 6.07) is 11.5. The van der Waals surface area contributed by atoms with Crippen molar-refractivity contribution in [2.45, 2.75) is 12.5 Å². The average molecular weight is 394 g/mol. The Labute approximate surface area is 142 Å². The average Bonchev–Trinajstić information content (AvgIpc) is 2.39. The minimum Gasteiger partial charge on any atom is -0.313 e. The van der Waals surface area contributed by atoms with E-state index in [9.17, 15) is 0 Å². The highest BCUT2D eigenvalue weighted by molar-refractivity contribution is 9.10. The lowest BCUT2D eigenvalue weighted by molar-refractivity contribution is 0.592. The Morgan fingerprint density at radius 2 is 1.80 bits per heavy atom. The van der Waals surface area contributed by atoms with Crippen LogP contribution >= 0.6 is 50.7 Å². The van der Waals surface area contributed by atoms with Crippen LogP contribution in [0.25, 0.3) is 0 Å². The van der Waals surface area contributed by atoms with Gasteiger partial charge in [0.05, 0.1) is 0 Å². The molecule has 1 unspecified atom stereocenters. The van der Waals surface area contributed by atoms with Crippen LogP contribution in [0.1, 0.15) is 17.2 Å². The largest absolute Gasteiger partial charge is 0.313 e. The molecule has 0 aliphatic rings. The van der Waals surface area contributed by atoms with Crippen LogP contribution in [0.3, 0.4) is 0 Å². The van der Waals surface area contributed by atoms with Gasteiger partial charge in [0.2, 0.25) is 0 Å². The Morgan fingerprint density at radius 3 is 2.40 bits per heavy atom. The summed E-state index contributed by atoms with van der Waals surface area (Å²) in [5, 5.41) is 5.30. The lowest BCUT2D eigenvalue weighted by Crippen LogP contribution is -2.19. The van der Waals surface area contributed by atoms with Crippen LogP contribution in [0.4, 0.5) is 0 Å². The van der Waals surface area contributed by atoms with Crippen molar-refractivity contribution in [3.8, 4) is 0 Å². The molecule has 2 aromatic rings. The van der Waals surface area contributed by atoms with E-state index in [4.69, 9.17) is 34.8 Å². The number of hydrogen-bond donors (Lipinski definition) is 1. The van der Waals surface area contributed by atoms with Crippen molar-refractivity contribution in [3.05, 3.63) is 67.1 Å². The van der Waals surface area contributed by atoms with Crippen molar-refractivity contribution in [2.75, 3.05) is 7.05 Å². The van der Waals surface area contributed by atoms with Gasteiger partial charge in [0, 0.05) is 25.6 Å². The maximum atomic E-state index is 6.27. The van der Waals surface area contributed by atoms with Crippen LogP contribution in [0, 0.1) is 0 Å². The SMILES string of the molecule is CNC(Cc1ccc(Br)cc1Cl)c1ccc(Cl)cc1Cl. The zero-order chi connectivity index (χ0) is 14.7. The Balaban J connectivity index is 2.28. The third kappa shape index (κ3) is 3.90. The van der Waals surface area contributed by atoms with Crippen LogP contribution in [0.15, 0.2) is 40.9 Å². The van der Waals surface area contributed by atoms with Crippen LogP contribution in [0.5, 0.6) is 0 Å². The van der Waals surface area contributed by atoms with Gasteiger partial charge < -0.3 is 5.32 Å². The molecule has 0 radical (unpaired) electrons. The molecule has 0 amide bonds. The van der Waals surface area contributed by atoms with Gasteiger partial charge in [-0.1, -0.05) is 62.9 Å². The molecule has 0 aliphatic heterocycles. The van der Waals surface area contributed by atoms with E-state index in [1.165, 1.54) is 0 Å². The first-order valence-electron chi connectivity index (χ1n) is 6.07. The van der Waals surface area contributed by atoms with Crippen LogP contribution in [-0.2, 0) is 6.42 Å². The molecular weight excluding hydrogens is 380 g/mol. The standard InChI is InChI=1S/C15H13BrCl3N/c1-20-15(12-5-4-11(17)8-14(12)19)6-9-2-3-10(16)7-13(9)18/h2-5,7-8,15,20H,6H2,1H3. The van der Waals surface area contributed by atoms with Gasteiger partial charge in [0.25, 0.3) is 0 Å². The summed E-state index contributed by atoms with van der Waals surface area (Å²) >= 11 is 21.9. The van der Waals surface area contributed by atoms with E-state index >= 15 is 0 Å². The summed E-state index contributed by atoms with van der Waals surface area (Å²) in [6.07, 6.45) is 0.754. The molecule has 2 rings (SSSR count). The van der Waals surface area contributed by atoms with E-state index in [0.717, 1.165) is 27.0 Å². The van der Waals surface area contributed by atoms with E-state index in [2.05, 4.69) is 21.2 Å². The van der Waals surface area contributed by atoms with E-state index in [1.807, 2.05) is 37.4 Å². The summed E-state index contributed by atoms with van der Waals surface area (Å²) in [5.74, 6) is 0. The molecular formula is C15H13BrCl3N. The van der Waals surface area contributed by atoms with Crippen molar-refractivity contribution in [1.29, 1.82) is 0 Å². The maximum Gasteiger partial charge on any atom is 0.0468 e. The monoisotopic (exact) mass is 391 g/mol. The fourth-order valence-corrected chi connectivity index (χ4v) is 3.35. The first-order chi connectivity index (χ1) is 9.51. The van der Waals surface area contributed by atoms with Gasteiger partial charge in [0.1, 0.15) is 0 Å². The van der Waals surface area contributed by atoms with Gasteiger partial charge in [0.15, 0.2) is 0 Å². The fraction of sp³-hybridized carbons (Fsp3) is 0.200. The molecule has 5 heteroatoms. The molecule has 1 N–H and O–H groups in total. The maximum absolute atomic E-state index is 6.27. The fourth-order valence-electron chi connectivity index (χ4n) is 2.06. The Kier molecular flexibility index (Phi) is 5.76. The molecule has 20 heavy (non-hydrogen) atoms. The summed E-state index contributed by atoms with van der Waals surface area (Å²) in [4.78, 5) is 0. The number of benzene rings is 2. The number of halogens is 4. The Morgan fingerprint density at radius 1 is 1.05 bits per heavy atom. The topological polar surface area (TPSA) is 12.0 Å². The van der Waals surface area contributed by atoms with Crippen molar-refractivity contribution in [2.24, 2.45) is 0 Å². The molecule has 0 saturated carbocycles. The number of hydrogen-bond acceptors (Lipinski definition) is 1. The summed E-state index contributed by atoms with van der Waals surface area (Å²) in [6.45, 7) is 0. The lowest BCUT2D eigenvalue weighted by Gasteiger charge is -2.19. The van der Waals surface area contributed by atoms with Crippen molar-refractivity contribution < 1.29 is 0 Å². The van der Waals surface area contributed by atoms with Crippen molar-refractivity contribution in [1.82, 2.24) is 5.32 Å². The van der Waals surface area contributed by atoms with Crippen LogP contribution in [0.2, 0.25) is 15.1 Å². The number of nitrogens with one attached hydrogen (secondary N) is 1. The predicted molar refractivity (Wildman–Crippen MR) is 91.1 cm³/mol. The van der Waals surface area contributed by atoms with Crippen molar-refractivity contribution in [3.63, 3.8) is 0 Å². The van der Waals surface area contributed by atoms with Gasteiger partial charge >= 0.3 is 0 Å². The molecule has 0 bridgehead atoms. The Hall–Kier alpha value is -0.250. The second kappa shape index (κ2) is 7.15. The summed E-state index contributed by atoms with van der Waals surface area (Å²) in [5.41, 5.74) is 2.08. The Bertz CT molecular complexity index is 616. The van der Waals surface area contributed by atoms with Gasteiger partial charge in [-0.05, 0) is 48.9 Å². The molecule has 0 heterocycles. The second-order valence-corrected chi connectivity index (χ2v) is 6.61. The third-order valence-electron chi connectivity index (χ3n) is 3.13. The minimum absolute atomic E-state index is 0.0819.